The van der Waals surface area contributed by atoms with Crippen molar-refractivity contribution in [1.29, 1.82) is 0 Å². The van der Waals surface area contributed by atoms with Gasteiger partial charge in [0.05, 0.1) is 0 Å². The van der Waals surface area contributed by atoms with Crippen molar-refractivity contribution in [2.75, 3.05) is 11.5 Å². The third-order valence-corrected chi connectivity index (χ3v) is 5.13. The highest BCUT2D eigenvalue weighted by Gasteiger charge is 2.21. The van der Waals surface area contributed by atoms with Gasteiger partial charge in [0.2, 0.25) is 0 Å². The Morgan fingerprint density at radius 2 is 1.89 bits per heavy atom. The van der Waals surface area contributed by atoms with Gasteiger partial charge in [0.25, 0.3) is 0 Å². The number of benzene rings is 1. The summed E-state index contributed by atoms with van der Waals surface area (Å²) in [6.07, 6.45) is 0. The van der Waals surface area contributed by atoms with Gasteiger partial charge in [-0.05, 0) is 30.2 Å². The van der Waals surface area contributed by atoms with Crippen LogP contribution in [0.2, 0.25) is 0 Å². The number of carbonyl (C=O) groups is 1. The zero-order chi connectivity index (χ0) is 13.5. The molecule has 1 rings (SSSR count). The van der Waals surface area contributed by atoms with Crippen molar-refractivity contribution < 1.29 is 14.3 Å². The molecule has 0 aliphatic carbocycles. The number of carboxylic acid groups (broad SMARTS) is 1. The van der Waals surface area contributed by atoms with E-state index in [1.807, 2.05) is 13.8 Å². The molecule has 0 amide bonds. The summed E-state index contributed by atoms with van der Waals surface area (Å²) in [6, 6.07) is 6.34. The summed E-state index contributed by atoms with van der Waals surface area (Å²) in [5.41, 5.74) is 0. The van der Waals surface area contributed by atoms with Crippen LogP contribution in [0.5, 0.6) is 0 Å². The van der Waals surface area contributed by atoms with E-state index in [1.54, 1.807) is 23.9 Å². The maximum Gasteiger partial charge on any atom is 0.316 e. The summed E-state index contributed by atoms with van der Waals surface area (Å²) < 4.78 is 12.7. The van der Waals surface area contributed by atoms with E-state index in [-0.39, 0.29) is 17.0 Å². The van der Waals surface area contributed by atoms with E-state index in [2.05, 4.69) is 0 Å². The molecule has 0 aliphatic heterocycles. The summed E-state index contributed by atoms with van der Waals surface area (Å²) in [7, 11) is 0. The molecule has 1 atom stereocenters. The van der Waals surface area contributed by atoms with Gasteiger partial charge in [0.15, 0.2) is 0 Å². The summed E-state index contributed by atoms with van der Waals surface area (Å²) in [5, 5.41) is 8.67. The van der Waals surface area contributed by atoms with Crippen LogP contribution in [-0.4, -0.2) is 27.8 Å². The van der Waals surface area contributed by atoms with E-state index in [4.69, 9.17) is 5.11 Å². The van der Waals surface area contributed by atoms with Crippen LogP contribution in [-0.2, 0) is 4.79 Å². The Kier molecular flexibility index (Phi) is 6.57. The fourth-order valence-corrected chi connectivity index (χ4v) is 3.48. The maximum absolute atomic E-state index is 12.7. The highest BCUT2D eigenvalue weighted by atomic mass is 32.2. The molecule has 0 aromatic heterocycles. The van der Waals surface area contributed by atoms with Crippen molar-refractivity contribution in [3.05, 3.63) is 30.1 Å². The summed E-state index contributed by atoms with van der Waals surface area (Å²) in [4.78, 5) is 12.0. The normalized spacial score (nSPS) is 12.7. The van der Waals surface area contributed by atoms with Crippen LogP contribution in [0, 0.1) is 11.7 Å². The van der Waals surface area contributed by atoms with Gasteiger partial charge in [0.1, 0.15) is 11.1 Å². The molecule has 0 saturated carbocycles. The van der Waals surface area contributed by atoms with E-state index in [0.29, 0.717) is 0 Å². The van der Waals surface area contributed by atoms with Crippen molar-refractivity contribution in [1.82, 2.24) is 0 Å². The largest absolute Gasteiger partial charge is 0.480 e. The van der Waals surface area contributed by atoms with Crippen LogP contribution in [0.25, 0.3) is 0 Å². The van der Waals surface area contributed by atoms with E-state index >= 15 is 0 Å². The molecule has 100 valence electrons. The Balaban J connectivity index is 2.29. The molecule has 0 saturated heterocycles. The lowest BCUT2D eigenvalue weighted by molar-refractivity contribution is -0.137. The van der Waals surface area contributed by atoms with Gasteiger partial charge in [-0.15, -0.1) is 23.5 Å². The van der Waals surface area contributed by atoms with E-state index in [0.717, 1.165) is 16.4 Å². The minimum absolute atomic E-state index is 0.128. The lowest BCUT2D eigenvalue weighted by Gasteiger charge is -2.15. The van der Waals surface area contributed by atoms with Crippen LogP contribution in [0.1, 0.15) is 13.8 Å². The molecular formula is C13H17FO2S2. The number of hydrogen-bond donors (Lipinski definition) is 1. The highest BCUT2D eigenvalue weighted by Crippen LogP contribution is 2.24. The average Bonchev–Trinajstić information content (AvgIpc) is 2.30. The van der Waals surface area contributed by atoms with Crippen molar-refractivity contribution >= 4 is 29.5 Å². The first kappa shape index (κ1) is 15.4. The monoisotopic (exact) mass is 288 g/mol. The molecule has 0 heterocycles. The second-order valence-corrected chi connectivity index (χ2v) is 6.59. The fourth-order valence-electron chi connectivity index (χ4n) is 1.41. The van der Waals surface area contributed by atoms with Gasteiger partial charge < -0.3 is 5.11 Å². The van der Waals surface area contributed by atoms with Crippen LogP contribution in [0.3, 0.4) is 0 Å². The predicted molar refractivity (Wildman–Crippen MR) is 75.8 cm³/mol. The second-order valence-electron chi connectivity index (χ2n) is 4.18. The van der Waals surface area contributed by atoms with E-state index in [9.17, 15) is 9.18 Å². The van der Waals surface area contributed by atoms with Crippen molar-refractivity contribution in [3.8, 4) is 0 Å². The minimum Gasteiger partial charge on any atom is -0.480 e. The van der Waals surface area contributed by atoms with Crippen molar-refractivity contribution in [2.24, 2.45) is 5.92 Å². The maximum atomic E-state index is 12.7. The highest BCUT2D eigenvalue weighted by molar-refractivity contribution is 8.03. The van der Waals surface area contributed by atoms with E-state index < -0.39 is 5.97 Å². The Hall–Kier alpha value is -0.680. The van der Waals surface area contributed by atoms with E-state index in [1.165, 1.54) is 23.9 Å². The molecule has 0 bridgehead atoms. The van der Waals surface area contributed by atoms with Gasteiger partial charge >= 0.3 is 5.97 Å². The molecule has 1 N–H and O–H groups in total. The van der Waals surface area contributed by atoms with Gasteiger partial charge in [0, 0.05) is 16.4 Å². The Bertz CT molecular complexity index is 379. The van der Waals surface area contributed by atoms with Crippen molar-refractivity contribution in [2.45, 2.75) is 24.0 Å². The van der Waals surface area contributed by atoms with Gasteiger partial charge in [-0.3, -0.25) is 4.79 Å². The topological polar surface area (TPSA) is 37.3 Å². The molecule has 0 spiro atoms. The first-order valence-electron chi connectivity index (χ1n) is 5.73. The molecule has 1 unspecified atom stereocenters. The van der Waals surface area contributed by atoms with Crippen molar-refractivity contribution in [3.63, 3.8) is 0 Å². The average molecular weight is 288 g/mol. The first-order valence-corrected chi connectivity index (χ1v) is 7.77. The van der Waals surface area contributed by atoms with Crippen LogP contribution >= 0.6 is 23.5 Å². The van der Waals surface area contributed by atoms with Gasteiger partial charge in [-0.2, -0.15) is 0 Å². The lowest BCUT2D eigenvalue weighted by Crippen LogP contribution is -2.23. The molecule has 1 aromatic rings. The minimum atomic E-state index is -0.748. The van der Waals surface area contributed by atoms with Crippen LogP contribution in [0.15, 0.2) is 29.2 Å². The lowest BCUT2D eigenvalue weighted by atomic mass is 10.1. The number of hydrogen-bond acceptors (Lipinski definition) is 3. The second kappa shape index (κ2) is 7.69. The molecule has 0 aliphatic rings. The molecule has 0 radical (unpaired) electrons. The Morgan fingerprint density at radius 1 is 1.28 bits per heavy atom. The first-order chi connectivity index (χ1) is 8.50. The van der Waals surface area contributed by atoms with Gasteiger partial charge in [-0.1, -0.05) is 13.8 Å². The summed E-state index contributed by atoms with van der Waals surface area (Å²) in [6.45, 7) is 3.83. The SMILES string of the molecule is CC(C)C(SCCSc1ccc(F)cc1)C(=O)O. The quantitative estimate of drug-likeness (QED) is 0.612. The third-order valence-electron chi connectivity index (χ3n) is 2.31. The summed E-state index contributed by atoms with van der Waals surface area (Å²) >= 11 is 3.08. The number of halogens is 1. The number of rotatable bonds is 7. The zero-order valence-electron chi connectivity index (χ0n) is 10.4. The van der Waals surface area contributed by atoms with Crippen LogP contribution < -0.4 is 0 Å². The molecular weight excluding hydrogens is 271 g/mol. The molecule has 5 heteroatoms. The predicted octanol–water partition coefficient (Wildman–Crippen LogP) is 3.76. The summed E-state index contributed by atoms with van der Waals surface area (Å²) in [5.74, 6) is 0.744. The number of carboxylic acids is 1. The molecule has 0 fully saturated rings. The zero-order valence-corrected chi connectivity index (χ0v) is 12.1. The Morgan fingerprint density at radius 3 is 2.39 bits per heavy atom. The fraction of sp³-hybridized carbons (Fsp3) is 0.462. The third kappa shape index (κ3) is 5.31. The smallest absolute Gasteiger partial charge is 0.316 e. The number of aliphatic carboxylic acids is 1. The van der Waals surface area contributed by atoms with Crippen LogP contribution in [0.4, 0.5) is 4.39 Å². The Labute approximate surface area is 115 Å². The molecule has 2 nitrogen and oxygen atoms in total. The van der Waals surface area contributed by atoms with Gasteiger partial charge in [-0.25, -0.2) is 4.39 Å². The molecule has 1 aromatic carbocycles. The standard InChI is InChI=1S/C13H17FO2S2/c1-9(2)12(13(15)16)18-8-7-17-11-5-3-10(14)4-6-11/h3-6,9,12H,7-8H2,1-2H3,(H,15,16). The molecule has 18 heavy (non-hydrogen) atoms. The number of thioether (sulfide) groups is 2.